The summed E-state index contributed by atoms with van der Waals surface area (Å²) in [6, 6.07) is 9.19. The smallest absolute Gasteiger partial charge is 0.0587 e. The average molecular weight is 259 g/mol. The number of benzene rings is 1. The van der Waals surface area contributed by atoms with E-state index in [1.54, 1.807) is 11.3 Å². The second-order valence-electron chi connectivity index (χ2n) is 4.81. The van der Waals surface area contributed by atoms with Crippen molar-refractivity contribution >= 4 is 11.3 Å². The van der Waals surface area contributed by atoms with Crippen LogP contribution < -0.4 is 5.32 Å². The molecule has 0 saturated carbocycles. The van der Waals surface area contributed by atoms with Crippen molar-refractivity contribution in [3.05, 3.63) is 57.3 Å². The summed E-state index contributed by atoms with van der Waals surface area (Å²) in [5.41, 5.74) is 5.47. The second kappa shape index (κ2) is 6.17. The quantitative estimate of drug-likeness (QED) is 0.836. The Morgan fingerprint density at radius 3 is 2.39 bits per heavy atom. The third-order valence-electron chi connectivity index (χ3n) is 3.22. The first-order valence-electron chi connectivity index (χ1n) is 6.55. The molecule has 0 saturated heterocycles. The minimum Gasteiger partial charge on any atom is -0.306 e. The topological polar surface area (TPSA) is 12.0 Å². The molecule has 1 aromatic carbocycles. The summed E-state index contributed by atoms with van der Waals surface area (Å²) >= 11 is 1.79. The molecule has 0 bridgehead atoms. The summed E-state index contributed by atoms with van der Waals surface area (Å²) in [4.78, 5) is 0. The number of rotatable bonds is 5. The summed E-state index contributed by atoms with van der Waals surface area (Å²) in [6.45, 7) is 7.59. The molecule has 0 spiro atoms. The summed E-state index contributed by atoms with van der Waals surface area (Å²) in [5, 5.41) is 8.15. The van der Waals surface area contributed by atoms with Crippen LogP contribution in [0.15, 0.2) is 35.0 Å². The number of nitrogens with one attached hydrogen (secondary N) is 1. The highest BCUT2D eigenvalue weighted by Crippen LogP contribution is 2.27. The van der Waals surface area contributed by atoms with Crippen LogP contribution in [-0.2, 0) is 0 Å². The minimum atomic E-state index is 0.330. The minimum absolute atomic E-state index is 0.330. The molecule has 0 aliphatic heterocycles. The van der Waals surface area contributed by atoms with Crippen LogP contribution >= 0.6 is 11.3 Å². The van der Waals surface area contributed by atoms with E-state index in [0.717, 1.165) is 13.0 Å². The Morgan fingerprint density at radius 2 is 1.83 bits per heavy atom. The van der Waals surface area contributed by atoms with Crippen LogP contribution in [0.4, 0.5) is 0 Å². The molecule has 0 aliphatic carbocycles. The van der Waals surface area contributed by atoms with Crippen LogP contribution in [0.3, 0.4) is 0 Å². The van der Waals surface area contributed by atoms with Crippen molar-refractivity contribution in [2.45, 2.75) is 33.2 Å². The molecule has 1 nitrogen and oxygen atoms in total. The fourth-order valence-corrected chi connectivity index (χ4v) is 3.00. The van der Waals surface area contributed by atoms with Gasteiger partial charge in [-0.1, -0.05) is 36.8 Å². The predicted molar refractivity (Wildman–Crippen MR) is 80.4 cm³/mol. The second-order valence-corrected chi connectivity index (χ2v) is 5.55. The number of hydrogen-bond acceptors (Lipinski definition) is 2. The van der Waals surface area contributed by atoms with Crippen molar-refractivity contribution in [3.8, 4) is 0 Å². The normalized spacial score (nSPS) is 12.6. The van der Waals surface area contributed by atoms with Gasteiger partial charge in [-0.05, 0) is 54.3 Å². The largest absolute Gasteiger partial charge is 0.306 e. The van der Waals surface area contributed by atoms with Gasteiger partial charge in [0.05, 0.1) is 6.04 Å². The van der Waals surface area contributed by atoms with Gasteiger partial charge in [0.25, 0.3) is 0 Å². The SMILES string of the molecule is CCCNC(c1ccc(C)cc1)c1cscc1C. The summed E-state index contributed by atoms with van der Waals surface area (Å²) in [5.74, 6) is 0. The first-order chi connectivity index (χ1) is 8.72. The van der Waals surface area contributed by atoms with Crippen LogP contribution in [0, 0.1) is 13.8 Å². The molecule has 1 heterocycles. The maximum Gasteiger partial charge on any atom is 0.0587 e. The molecule has 18 heavy (non-hydrogen) atoms. The Bertz CT molecular complexity index is 484. The zero-order valence-corrected chi connectivity index (χ0v) is 12.2. The summed E-state index contributed by atoms with van der Waals surface area (Å²) in [6.07, 6.45) is 1.16. The molecule has 1 N–H and O–H groups in total. The van der Waals surface area contributed by atoms with Gasteiger partial charge in [0.1, 0.15) is 0 Å². The van der Waals surface area contributed by atoms with E-state index in [9.17, 15) is 0 Å². The monoisotopic (exact) mass is 259 g/mol. The van der Waals surface area contributed by atoms with Gasteiger partial charge >= 0.3 is 0 Å². The van der Waals surface area contributed by atoms with Crippen LogP contribution in [0.2, 0.25) is 0 Å². The molecule has 0 fully saturated rings. The number of hydrogen-bond donors (Lipinski definition) is 1. The van der Waals surface area contributed by atoms with Gasteiger partial charge in [-0.3, -0.25) is 0 Å². The van der Waals surface area contributed by atoms with Gasteiger partial charge in [-0.15, -0.1) is 0 Å². The number of aryl methyl sites for hydroxylation is 2. The van der Waals surface area contributed by atoms with E-state index in [2.05, 4.69) is 61.1 Å². The average Bonchev–Trinajstić information content (AvgIpc) is 2.78. The van der Waals surface area contributed by atoms with E-state index in [4.69, 9.17) is 0 Å². The van der Waals surface area contributed by atoms with Crippen molar-refractivity contribution < 1.29 is 0 Å². The molecule has 96 valence electrons. The molecule has 2 rings (SSSR count). The zero-order chi connectivity index (χ0) is 13.0. The summed E-state index contributed by atoms with van der Waals surface area (Å²) < 4.78 is 0. The van der Waals surface area contributed by atoms with Crippen molar-refractivity contribution in [3.63, 3.8) is 0 Å². The Morgan fingerprint density at radius 1 is 1.11 bits per heavy atom. The van der Waals surface area contributed by atoms with E-state index in [-0.39, 0.29) is 0 Å². The lowest BCUT2D eigenvalue weighted by Gasteiger charge is -2.19. The lowest BCUT2D eigenvalue weighted by Crippen LogP contribution is -2.23. The molecule has 1 unspecified atom stereocenters. The van der Waals surface area contributed by atoms with Crippen molar-refractivity contribution in [1.29, 1.82) is 0 Å². The highest BCUT2D eigenvalue weighted by Gasteiger charge is 2.15. The third-order valence-corrected chi connectivity index (χ3v) is 4.09. The van der Waals surface area contributed by atoms with E-state index < -0.39 is 0 Å². The van der Waals surface area contributed by atoms with Gasteiger partial charge in [0.2, 0.25) is 0 Å². The van der Waals surface area contributed by atoms with E-state index in [1.165, 1.54) is 22.3 Å². The first kappa shape index (κ1) is 13.3. The van der Waals surface area contributed by atoms with Crippen LogP contribution in [0.25, 0.3) is 0 Å². The molecule has 0 aliphatic rings. The standard InChI is InChI=1S/C16H21NS/c1-4-9-17-16(15-11-18-10-13(15)3)14-7-5-12(2)6-8-14/h5-8,10-11,16-17H,4,9H2,1-3H3. The molecular weight excluding hydrogens is 238 g/mol. The van der Waals surface area contributed by atoms with E-state index in [1.807, 2.05) is 0 Å². The Hall–Kier alpha value is -1.12. The highest BCUT2D eigenvalue weighted by molar-refractivity contribution is 7.08. The molecule has 2 aromatic rings. The molecule has 0 radical (unpaired) electrons. The van der Waals surface area contributed by atoms with Gasteiger partial charge in [0, 0.05) is 0 Å². The highest BCUT2D eigenvalue weighted by atomic mass is 32.1. The molecule has 1 aromatic heterocycles. The van der Waals surface area contributed by atoms with Gasteiger partial charge in [-0.25, -0.2) is 0 Å². The van der Waals surface area contributed by atoms with Crippen molar-refractivity contribution in [1.82, 2.24) is 5.32 Å². The maximum atomic E-state index is 3.66. The van der Waals surface area contributed by atoms with Crippen LogP contribution in [0.1, 0.15) is 41.6 Å². The fourth-order valence-electron chi connectivity index (χ4n) is 2.12. The van der Waals surface area contributed by atoms with Crippen molar-refractivity contribution in [2.75, 3.05) is 6.54 Å². The van der Waals surface area contributed by atoms with E-state index >= 15 is 0 Å². The summed E-state index contributed by atoms with van der Waals surface area (Å²) in [7, 11) is 0. The number of thiophene rings is 1. The lowest BCUT2D eigenvalue weighted by molar-refractivity contribution is 0.598. The van der Waals surface area contributed by atoms with Crippen LogP contribution in [-0.4, -0.2) is 6.54 Å². The molecule has 2 heteroatoms. The van der Waals surface area contributed by atoms with Gasteiger partial charge in [-0.2, -0.15) is 11.3 Å². The maximum absolute atomic E-state index is 3.66. The van der Waals surface area contributed by atoms with Crippen LogP contribution in [0.5, 0.6) is 0 Å². The van der Waals surface area contributed by atoms with Crippen molar-refractivity contribution in [2.24, 2.45) is 0 Å². The molecular formula is C16H21NS. The fraction of sp³-hybridized carbons (Fsp3) is 0.375. The molecule has 1 atom stereocenters. The first-order valence-corrected chi connectivity index (χ1v) is 7.49. The van der Waals surface area contributed by atoms with Gasteiger partial charge in [0.15, 0.2) is 0 Å². The van der Waals surface area contributed by atoms with E-state index in [0.29, 0.717) is 6.04 Å². The zero-order valence-electron chi connectivity index (χ0n) is 11.4. The Labute approximate surface area is 114 Å². The lowest BCUT2D eigenvalue weighted by atomic mass is 9.97. The third kappa shape index (κ3) is 3.01. The Balaban J connectivity index is 2.30. The van der Waals surface area contributed by atoms with Gasteiger partial charge < -0.3 is 5.32 Å². The molecule has 0 amide bonds. The Kier molecular flexibility index (Phi) is 4.56. The predicted octanol–water partition coefficient (Wildman–Crippen LogP) is 4.45.